The third kappa shape index (κ3) is 7.53. The minimum absolute atomic E-state index is 0.587. The Bertz CT molecular complexity index is 2940. The molecule has 0 bridgehead atoms. The van der Waals surface area contributed by atoms with Gasteiger partial charge in [-0.1, -0.05) is 200 Å². The van der Waals surface area contributed by atoms with Crippen molar-refractivity contribution >= 4 is 0 Å². The molecule has 8 aromatic carbocycles. The van der Waals surface area contributed by atoms with Crippen molar-refractivity contribution in [2.24, 2.45) is 0 Å². The molecule has 0 aliphatic carbocycles. The molecule has 0 aliphatic heterocycles. The number of aromatic nitrogens is 4. The van der Waals surface area contributed by atoms with Crippen LogP contribution in [-0.2, 0) is 0 Å². The van der Waals surface area contributed by atoms with E-state index < -0.39 is 0 Å². The highest BCUT2D eigenvalue weighted by atomic mass is 15.0. The Morgan fingerprint density at radius 3 is 1.08 bits per heavy atom. The van der Waals surface area contributed by atoms with Crippen molar-refractivity contribution in [2.45, 2.75) is 0 Å². The Morgan fingerprint density at radius 1 is 0.217 bits per heavy atom. The molecule has 4 heteroatoms. The van der Waals surface area contributed by atoms with Crippen LogP contribution in [0.3, 0.4) is 0 Å². The average Bonchev–Trinajstić information content (AvgIpc) is 3.35. The Kier molecular flexibility index (Phi) is 9.92. The number of nitrogens with zero attached hydrogens (tertiary/aromatic N) is 4. The second-order valence-electron chi connectivity index (χ2n) is 14.7. The first-order chi connectivity index (χ1) is 29.7. The van der Waals surface area contributed by atoms with Crippen molar-refractivity contribution in [2.75, 3.05) is 0 Å². The summed E-state index contributed by atoms with van der Waals surface area (Å²) in [6.07, 6.45) is 1.87. The predicted molar refractivity (Wildman–Crippen MR) is 247 cm³/mol. The maximum atomic E-state index is 5.23. The Morgan fingerprint density at radius 2 is 0.567 bits per heavy atom. The van der Waals surface area contributed by atoms with Crippen LogP contribution in [0, 0.1) is 0 Å². The van der Waals surface area contributed by atoms with Crippen LogP contribution in [-0.4, -0.2) is 19.9 Å². The van der Waals surface area contributed by atoms with E-state index in [1.807, 2.05) is 36.5 Å². The van der Waals surface area contributed by atoms with Crippen molar-refractivity contribution < 1.29 is 0 Å². The van der Waals surface area contributed by atoms with E-state index in [9.17, 15) is 0 Å². The molecule has 2 heterocycles. The monoisotopic (exact) mass is 766 g/mol. The van der Waals surface area contributed by atoms with Gasteiger partial charge in [-0.2, -0.15) is 0 Å². The fourth-order valence-corrected chi connectivity index (χ4v) is 7.77. The molecule has 282 valence electrons. The molecule has 10 aromatic rings. The molecule has 60 heavy (non-hydrogen) atoms. The first kappa shape index (κ1) is 36.3. The van der Waals surface area contributed by atoms with Gasteiger partial charge in [0, 0.05) is 34.0 Å². The van der Waals surface area contributed by atoms with E-state index in [1.165, 1.54) is 0 Å². The van der Waals surface area contributed by atoms with Gasteiger partial charge in [-0.05, 0) is 74.3 Å². The zero-order valence-electron chi connectivity index (χ0n) is 32.7. The van der Waals surface area contributed by atoms with Gasteiger partial charge >= 0.3 is 0 Å². The van der Waals surface area contributed by atoms with E-state index in [0.29, 0.717) is 17.5 Å². The fourth-order valence-electron chi connectivity index (χ4n) is 7.77. The number of hydrogen-bond donors (Lipinski definition) is 0. The highest BCUT2D eigenvalue weighted by Crippen LogP contribution is 2.40. The van der Waals surface area contributed by atoms with Crippen molar-refractivity contribution in [3.63, 3.8) is 0 Å². The van der Waals surface area contributed by atoms with Crippen LogP contribution in [0.1, 0.15) is 0 Å². The molecule has 0 spiro atoms. The third-order valence-corrected chi connectivity index (χ3v) is 10.8. The topological polar surface area (TPSA) is 51.6 Å². The number of benzene rings is 8. The molecule has 0 N–H and O–H groups in total. The smallest absolute Gasteiger partial charge is 0.164 e. The molecule has 0 unspecified atom stereocenters. The maximum absolute atomic E-state index is 5.23. The van der Waals surface area contributed by atoms with Crippen molar-refractivity contribution in [1.82, 2.24) is 19.9 Å². The molecular formula is C56H38N4. The molecule has 0 amide bonds. The molecular weight excluding hydrogens is 729 g/mol. The minimum Gasteiger partial charge on any atom is -0.256 e. The SMILES string of the molecule is c1ccc(-c2ccc(-c3nc(-c4ccc(-c5ccccc5)cc4)nc(-c4cc(-c5ccccc5)cc(-c5cccnc5-c5ccccc5-c5ccccc5)c4)n3)cc2)cc1. The standard InChI is InChI=1S/C56H38N4/c1-5-16-39(17-6-1)42-27-31-45(32-28-42)54-58-55(46-33-29-43(30-34-46)40-18-7-2-8-19-40)60-56(59-54)49-37-47(41-20-9-3-10-21-41)36-48(38-49)51-26-15-35-57-53(51)52-25-14-13-24-50(52)44-22-11-4-12-23-44/h1-38H. The predicted octanol–water partition coefficient (Wildman–Crippen LogP) is 14.3. The van der Waals surface area contributed by atoms with E-state index in [-0.39, 0.29) is 0 Å². The largest absolute Gasteiger partial charge is 0.256 e. The summed E-state index contributed by atoms with van der Waals surface area (Å²) in [6, 6.07) is 78.0. The lowest BCUT2D eigenvalue weighted by Gasteiger charge is -2.16. The van der Waals surface area contributed by atoms with Gasteiger partial charge in [0.05, 0.1) is 5.69 Å². The quantitative estimate of drug-likeness (QED) is 0.147. The first-order valence-corrected chi connectivity index (χ1v) is 20.1. The van der Waals surface area contributed by atoms with Gasteiger partial charge in [0.1, 0.15) is 0 Å². The molecule has 0 saturated heterocycles. The molecule has 0 radical (unpaired) electrons. The van der Waals surface area contributed by atoms with Gasteiger partial charge < -0.3 is 0 Å². The van der Waals surface area contributed by atoms with E-state index in [1.54, 1.807) is 0 Å². The fraction of sp³-hybridized carbons (Fsp3) is 0. The minimum atomic E-state index is 0.587. The summed E-state index contributed by atoms with van der Waals surface area (Å²) in [5.41, 5.74) is 15.7. The van der Waals surface area contributed by atoms with Crippen LogP contribution in [0.4, 0.5) is 0 Å². The number of hydrogen-bond acceptors (Lipinski definition) is 4. The maximum Gasteiger partial charge on any atom is 0.164 e. The molecule has 0 saturated carbocycles. The van der Waals surface area contributed by atoms with Gasteiger partial charge in [0.15, 0.2) is 17.5 Å². The number of rotatable bonds is 9. The summed E-state index contributed by atoms with van der Waals surface area (Å²) in [6.45, 7) is 0. The Labute approximate surface area is 350 Å². The van der Waals surface area contributed by atoms with Crippen molar-refractivity contribution in [3.8, 4) is 101 Å². The lowest BCUT2D eigenvalue weighted by atomic mass is 9.90. The first-order valence-electron chi connectivity index (χ1n) is 20.1. The molecule has 4 nitrogen and oxygen atoms in total. The molecule has 2 aromatic heterocycles. The number of pyridine rings is 1. The van der Waals surface area contributed by atoms with Crippen LogP contribution < -0.4 is 0 Å². The van der Waals surface area contributed by atoms with Gasteiger partial charge in [-0.25, -0.2) is 15.0 Å². The zero-order valence-corrected chi connectivity index (χ0v) is 32.7. The molecule has 10 rings (SSSR count). The van der Waals surface area contributed by atoms with Crippen LogP contribution in [0.25, 0.3) is 101 Å². The van der Waals surface area contributed by atoms with Gasteiger partial charge in [-0.15, -0.1) is 0 Å². The lowest BCUT2D eigenvalue weighted by Crippen LogP contribution is -2.01. The van der Waals surface area contributed by atoms with Crippen molar-refractivity contribution in [3.05, 3.63) is 231 Å². The van der Waals surface area contributed by atoms with E-state index in [2.05, 4.69) is 194 Å². The average molecular weight is 767 g/mol. The molecule has 0 aliphatic rings. The van der Waals surface area contributed by atoms with Gasteiger partial charge in [0.25, 0.3) is 0 Å². The summed E-state index contributed by atoms with van der Waals surface area (Å²) in [5, 5.41) is 0. The van der Waals surface area contributed by atoms with Crippen LogP contribution >= 0.6 is 0 Å². The Balaban J connectivity index is 1.15. The summed E-state index contributed by atoms with van der Waals surface area (Å²) in [7, 11) is 0. The zero-order chi connectivity index (χ0) is 40.1. The highest BCUT2D eigenvalue weighted by molar-refractivity contribution is 5.91. The Hall–Kier alpha value is -8.08. The third-order valence-electron chi connectivity index (χ3n) is 10.8. The highest BCUT2D eigenvalue weighted by Gasteiger charge is 2.18. The van der Waals surface area contributed by atoms with E-state index in [0.717, 1.165) is 83.6 Å². The summed E-state index contributed by atoms with van der Waals surface area (Å²) >= 11 is 0. The van der Waals surface area contributed by atoms with Crippen molar-refractivity contribution in [1.29, 1.82) is 0 Å². The second-order valence-corrected chi connectivity index (χ2v) is 14.7. The second kappa shape index (κ2) is 16.4. The van der Waals surface area contributed by atoms with E-state index in [4.69, 9.17) is 19.9 Å². The van der Waals surface area contributed by atoms with E-state index >= 15 is 0 Å². The van der Waals surface area contributed by atoms with Gasteiger partial charge in [-0.3, -0.25) is 4.98 Å². The van der Waals surface area contributed by atoms with Crippen LogP contribution in [0.15, 0.2) is 231 Å². The van der Waals surface area contributed by atoms with Crippen LogP contribution in [0.5, 0.6) is 0 Å². The molecule has 0 fully saturated rings. The molecule has 0 atom stereocenters. The van der Waals surface area contributed by atoms with Gasteiger partial charge in [0.2, 0.25) is 0 Å². The summed E-state index contributed by atoms with van der Waals surface area (Å²) < 4.78 is 0. The lowest BCUT2D eigenvalue weighted by molar-refractivity contribution is 1.07. The van der Waals surface area contributed by atoms with Crippen LogP contribution in [0.2, 0.25) is 0 Å². The normalized spacial score (nSPS) is 11.0. The summed E-state index contributed by atoms with van der Waals surface area (Å²) in [5.74, 6) is 1.79. The summed E-state index contributed by atoms with van der Waals surface area (Å²) in [4.78, 5) is 20.6.